The third kappa shape index (κ3) is 1.48. The van der Waals surface area contributed by atoms with Crippen LogP contribution < -0.4 is 16.0 Å². The van der Waals surface area contributed by atoms with Crippen LogP contribution in [0.15, 0.2) is 13.6 Å². The summed E-state index contributed by atoms with van der Waals surface area (Å²) in [5.41, 5.74) is 0. The predicted octanol–water partition coefficient (Wildman–Crippen LogP) is -1.03. The van der Waals surface area contributed by atoms with E-state index in [4.69, 9.17) is 0 Å². The normalized spacial score (nSPS) is 17.8. The summed E-state index contributed by atoms with van der Waals surface area (Å²) in [6.45, 7) is 1.36. The molecule has 2 heterocycles. The maximum atomic E-state index is 11.2. The first-order valence-corrected chi connectivity index (χ1v) is 3.80. The molecule has 69 valence electrons. The van der Waals surface area contributed by atoms with Crippen LogP contribution in [0.1, 0.15) is 0 Å². The van der Waals surface area contributed by atoms with E-state index in [-0.39, 0.29) is 18.3 Å². The molecule has 6 nitrogen and oxygen atoms in total. The van der Waals surface area contributed by atoms with E-state index in [0.717, 1.165) is 0 Å². The summed E-state index contributed by atoms with van der Waals surface area (Å²) in [7, 11) is 0. The highest BCUT2D eigenvalue weighted by molar-refractivity contribution is 5.93. The van der Waals surface area contributed by atoms with Crippen LogP contribution in [0.3, 0.4) is 0 Å². The number of carbonyl (C=O) groups excluding carboxylic acids is 1. The number of hydrogen-bond acceptors (Lipinski definition) is 5. The van der Waals surface area contributed by atoms with Gasteiger partial charge in [-0.25, -0.2) is 4.79 Å². The Balaban J connectivity index is 2.24. The van der Waals surface area contributed by atoms with E-state index in [1.807, 2.05) is 0 Å². The molecule has 0 atom stereocenters. The summed E-state index contributed by atoms with van der Waals surface area (Å²) in [5.74, 6) is -0.954. The van der Waals surface area contributed by atoms with E-state index in [2.05, 4.69) is 20.4 Å². The first-order valence-electron chi connectivity index (χ1n) is 3.80. The molecule has 0 aromatic carbocycles. The Morgan fingerprint density at radius 2 is 2.31 bits per heavy atom. The minimum Gasteiger partial charge on any atom is -0.385 e. The lowest BCUT2D eigenvalue weighted by Gasteiger charge is -2.23. The van der Waals surface area contributed by atoms with E-state index in [9.17, 15) is 9.59 Å². The lowest BCUT2D eigenvalue weighted by molar-refractivity contribution is -0.118. The minimum atomic E-state index is -0.846. The van der Waals surface area contributed by atoms with Crippen LogP contribution in [-0.2, 0) is 4.79 Å². The number of anilines is 1. The number of nitrogens with zero attached hydrogens (tertiary/aromatic N) is 1. The van der Waals surface area contributed by atoms with Gasteiger partial charge in [0.2, 0.25) is 12.2 Å². The smallest absolute Gasteiger partial charge is 0.385 e. The molecule has 1 aliphatic rings. The van der Waals surface area contributed by atoms with Crippen LogP contribution in [0.25, 0.3) is 0 Å². The molecule has 1 N–H and O–H groups in total. The van der Waals surface area contributed by atoms with Gasteiger partial charge in [0, 0.05) is 13.1 Å². The van der Waals surface area contributed by atoms with Gasteiger partial charge in [-0.15, -0.1) is 0 Å². The molecule has 1 radical (unpaired) electrons. The van der Waals surface area contributed by atoms with Crippen molar-refractivity contribution in [2.75, 3.05) is 24.5 Å². The molecular weight excluding hydrogens is 176 g/mol. The monoisotopic (exact) mass is 183 g/mol. The molecule has 1 aliphatic heterocycles. The van der Waals surface area contributed by atoms with Gasteiger partial charge < -0.3 is 14.2 Å². The molecule has 0 bridgehead atoms. The predicted molar refractivity (Wildman–Crippen MR) is 41.3 cm³/mol. The van der Waals surface area contributed by atoms with Crippen molar-refractivity contribution in [3.63, 3.8) is 0 Å². The van der Waals surface area contributed by atoms with E-state index < -0.39 is 5.82 Å². The second-order valence-corrected chi connectivity index (χ2v) is 2.58. The molecule has 0 unspecified atom stereocenters. The minimum absolute atomic E-state index is 0.0523. The Morgan fingerprint density at radius 3 is 2.92 bits per heavy atom. The topological polar surface area (TPSA) is 75.7 Å². The average molecular weight is 183 g/mol. The lowest BCUT2D eigenvalue weighted by Crippen LogP contribution is -2.48. The van der Waals surface area contributed by atoms with Crippen LogP contribution in [-0.4, -0.2) is 25.5 Å². The number of hydrogen-bond donors (Lipinski definition) is 1. The number of nitrogens with one attached hydrogen (secondary N) is 1. The molecule has 0 saturated carbocycles. The largest absolute Gasteiger partial charge is 0.521 e. The van der Waals surface area contributed by atoms with Crippen molar-refractivity contribution in [2.45, 2.75) is 0 Å². The van der Waals surface area contributed by atoms with Crippen LogP contribution in [0.5, 0.6) is 0 Å². The van der Waals surface area contributed by atoms with Gasteiger partial charge in [-0.2, -0.15) is 0 Å². The first-order chi connectivity index (χ1) is 6.27. The van der Waals surface area contributed by atoms with Crippen molar-refractivity contribution in [1.82, 2.24) is 5.32 Å². The molecule has 0 spiro atoms. The molecule has 0 aliphatic carbocycles. The highest BCUT2D eigenvalue weighted by Crippen LogP contribution is 2.11. The van der Waals surface area contributed by atoms with E-state index >= 15 is 0 Å². The van der Waals surface area contributed by atoms with Crippen LogP contribution in [0.2, 0.25) is 0 Å². The van der Waals surface area contributed by atoms with Crippen LogP contribution in [0.4, 0.5) is 5.88 Å². The summed E-state index contributed by atoms with van der Waals surface area (Å²) < 4.78 is 8.90. The Bertz CT molecular complexity index is 367. The number of amides is 1. The van der Waals surface area contributed by atoms with Gasteiger partial charge >= 0.3 is 5.82 Å². The Labute approximate surface area is 73.1 Å². The van der Waals surface area contributed by atoms with E-state index in [1.54, 1.807) is 0 Å². The van der Waals surface area contributed by atoms with Gasteiger partial charge in [0.05, 0.1) is 6.54 Å². The fourth-order valence-corrected chi connectivity index (χ4v) is 1.14. The fraction of sp³-hybridized carbons (Fsp3) is 0.429. The van der Waals surface area contributed by atoms with Crippen molar-refractivity contribution in [3.8, 4) is 0 Å². The lowest BCUT2D eigenvalue weighted by atomic mass is 10.3. The van der Waals surface area contributed by atoms with Crippen molar-refractivity contribution < 1.29 is 13.6 Å². The summed E-state index contributed by atoms with van der Waals surface area (Å²) in [4.78, 5) is 23.1. The molecule has 1 aromatic heterocycles. The quantitative estimate of drug-likeness (QED) is 0.602. The maximum absolute atomic E-state index is 11.2. The second kappa shape index (κ2) is 3.06. The van der Waals surface area contributed by atoms with Crippen LogP contribution >= 0.6 is 0 Å². The molecule has 1 amide bonds. The van der Waals surface area contributed by atoms with Gasteiger partial charge in [-0.3, -0.25) is 9.69 Å². The average Bonchev–Trinajstić information content (AvgIpc) is 2.53. The zero-order chi connectivity index (χ0) is 9.26. The van der Waals surface area contributed by atoms with Crippen LogP contribution in [0, 0.1) is 6.26 Å². The molecule has 2 rings (SSSR count). The summed E-state index contributed by atoms with van der Waals surface area (Å²) in [6.07, 6.45) is 2.23. The maximum Gasteiger partial charge on any atom is 0.521 e. The SMILES string of the molecule is O=C1CNCCN1c1[c]oc(=O)o1. The van der Waals surface area contributed by atoms with Gasteiger partial charge in [-0.1, -0.05) is 0 Å². The van der Waals surface area contributed by atoms with Gasteiger partial charge in [-0.05, 0) is 0 Å². The van der Waals surface area contributed by atoms with Crippen molar-refractivity contribution in [2.24, 2.45) is 0 Å². The molecular formula is C7H7N2O4. The van der Waals surface area contributed by atoms with Gasteiger partial charge in [0.15, 0.2) is 0 Å². The van der Waals surface area contributed by atoms with E-state index in [0.29, 0.717) is 13.1 Å². The summed E-state index contributed by atoms with van der Waals surface area (Å²) in [5, 5.41) is 2.89. The first kappa shape index (κ1) is 8.06. The summed E-state index contributed by atoms with van der Waals surface area (Å²) in [6, 6.07) is 0. The zero-order valence-corrected chi connectivity index (χ0v) is 6.70. The Kier molecular flexibility index (Phi) is 1.90. The molecule has 6 heteroatoms. The molecule has 1 aromatic rings. The second-order valence-electron chi connectivity index (χ2n) is 2.58. The highest BCUT2D eigenvalue weighted by Gasteiger charge is 2.23. The van der Waals surface area contributed by atoms with Crippen molar-refractivity contribution in [3.05, 3.63) is 16.9 Å². The Morgan fingerprint density at radius 1 is 1.46 bits per heavy atom. The fourth-order valence-electron chi connectivity index (χ4n) is 1.14. The van der Waals surface area contributed by atoms with E-state index in [1.165, 1.54) is 4.90 Å². The number of carbonyl (C=O) groups is 1. The van der Waals surface area contributed by atoms with Gasteiger partial charge in [0.1, 0.15) is 0 Å². The third-order valence-corrected chi connectivity index (χ3v) is 1.74. The highest BCUT2D eigenvalue weighted by atomic mass is 16.6. The molecule has 13 heavy (non-hydrogen) atoms. The zero-order valence-electron chi connectivity index (χ0n) is 6.70. The summed E-state index contributed by atoms with van der Waals surface area (Å²) >= 11 is 0. The number of piperazine rings is 1. The Hall–Kier alpha value is -1.56. The third-order valence-electron chi connectivity index (χ3n) is 1.74. The van der Waals surface area contributed by atoms with Gasteiger partial charge in [0.25, 0.3) is 5.88 Å². The molecule has 1 saturated heterocycles. The van der Waals surface area contributed by atoms with Crippen molar-refractivity contribution in [1.29, 1.82) is 0 Å². The standard InChI is InChI=1S/C7H7N2O4/c10-5-3-8-1-2-9(5)6-4-12-7(11)13-6/h8H,1-3H2. The molecule has 1 fully saturated rings. The van der Waals surface area contributed by atoms with Crippen molar-refractivity contribution >= 4 is 11.8 Å². The number of rotatable bonds is 1.